The summed E-state index contributed by atoms with van der Waals surface area (Å²) in [4.78, 5) is 2.39. The van der Waals surface area contributed by atoms with Crippen LogP contribution in [-0.2, 0) is 4.74 Å². The summed E-state index contributed by atoms with van der Waals surface area (Å²) in [6, 6.07) is 0. The van der Waals surface area contributed by atoms with Crippen molar-refractivity contribution in [2.45, 2.75) is 19.8 Å². The fourth-order valence-corrected chi connectivity index (χ4v) is 2.66. The van der Waals surface area contributed by atoms with Crippen LogP contribution in [0.15, 0.2) is 25.3 Å². The Kier molecular flexibility index (Phi) is 7.25. The molecule has 0 aromatic heterocycles. The third kappa shape index (κ3) is 4.92. The van der Waals surface area contributed by atoms with Crippen LogP contribution in [0, 0.1) is 5.41 Å². The Morgan fingerprint density at radius 3 is 2.56 bits per heavy atom. The molecule has 0 radical (unpaired) electrons. The summed E-state index contributed by atoms with van der Waals surface area (Å²) < 4.78 is 5.72. The molecule has 1 fully saturated rings. The zero-order chi connectivity index (χ0) is 13.3. The van der Waals surface area contributed by atoms with Gasteiger partial charge in [0.1, 0.15) is 0 Å². The summed E-state index contributed by atoms with van der Waals surface area (Å²) in [5, 5.41) is 3.49. The van der Waals surface area contributed by atoms with Crippen LogP contribution in [0.5, 0.6) is 0 Å². The quantitative estimate of drug-likeness (QED) is 0.636. The average Bonchev–Trinajstić information content (AvgIpc) is 2.38. The fraction of sp³-hybridized carbons (Fsp3) is 0.733. The SMILES string of the molecule is C=CCN(CC=C)CC1(CNCC)CCCOC1. The van der Waals surface area contributed by atoms with Gasteiger partial charge in [-0.25, -0.2) is 0 Å². The molecular weight excluding hydrogens is 224 g/mol. The highest BCUT2D eigenvalue weighted by atomic mass is 16.5. The fourth-order valence-electron chi connectivity index (χ4n) is 2.66. The Morgan fingerprint density at radius 2 is 2.06 bits per heavy atom. The lowest BCUT2D eigenvalue weighted by Crippen LogP contribution is -2.49. The molecule has 1 aliphatic heterocycles. The van der Waals surface area contributed by atoms with Crippen molar-refractivity contribution >= 4 is 0 Å². The first-order valence-electron chi connectivity index (χ1n) is 6.99. The van der Waals surface area contributed by atoms with E-state index < -0.39 is 0 Å². The van der Waals surface area contributed by atoms with Crippen molar-refractivity contribution in [3.63, 3.8) is 0 Å². The molecule has 0 aliphatic carbocycles. The third-order valence-electron chi connectivity index (χ3n) is 3.49. The molecule has 1 aliphatic rings. The number of hydrogen-bond donors (Lipinski definition) is 1. The molecule has 3 heteroatoms. The van der Waals surface area contributed by atoms with Crippen LogP contribution in [0.3, 0.4) is 0 Å². The zero-order valence-electron chi connectivity index (χ0n) is 11.8. The molecule has 1 rings (SSSR count). The summed E-state index contributed by atoms with van der Waals surface area (Å²) in [5.41, 5.74) is 0.250. The van der Waals surface area contributed by atoms with Crippen LogP contribution in [0.4, 0.5) is 0 Å². The van der Waals surface area contributed by atoms with E-state index in [2.05, 4.69) is 30.3 Å². The molecule has 0 spiro atoms. The Balaban J connectivity index is 2.61. The van der Waals surface area contributed by atoms with Crippen molar-refractivity contribution in [2.24, 2.45) is 5.41 Å². The molecule has 1 saturated heterocycles. The van der Waals surface area contributed by atoms with Gasteiger partial charge < -0.3 is 10.1 Å². The second-order valence-electron chi connectivity index (χ2n) is 5.21. The van der Waals surface area contributed by atoms with Crippen LogP contribution < -0.4 is 5.32 Å². The monoisotopic (exact) mass is 252 g/mol. The van der Waals surface area contributed by atoms with E-state index in [0.717, 1.165) is 45.9 Å². The van der Waals surface area contributed by atoms with E-state index in [-0.39, 0.29) is 5.41 Å². The van der Waals surface area contributed by atoms with Gasteiger partial charge in [-0.15, -0.1) is 13.2 Å². The summed E-state index contributed by atoms with van der Waals surface area (Å²) in [6.45, 7) is 16.6. The largest absolute Gasteiger partial charge is 0.381 e. The van der Waals surface area contributed by atoms with Gasteiger partial charge in [-0.05, 0) is 19.4 Å². The van der Waals surface area contributed by atoms with Crippen molar-refractivity contribution in [3.8, 4) is 0 Å². The number of rotatable bonds is 9. The van der Waals surface area contributed by atoms with E-state index in [9.17, 15) is 0 Å². The van der Waals surface area contributed by atoms with E-state index in [1.165, 1.54) is 12.8 Å². The van der Waals surface area contributed by atoms with E-state index in [1.54, 1.807) is 0 Å². The standard InChI is InChI=1S/C15H28N2O/c1-4-9-17(10-5-2)13-15(12-16-6-3)8-7-11-18-14-15/h4-5,16H,1-2,6-14H2,3H3. The number of nitrogens with one attached hydrogen (secondary N) is 1. The second kappa shape index (κ2) is 8.46. The van der Waals surface area contributed by atoms with Gasteiger partial charge in [0, 0.05) is 38.2 Å². The minimum atomic E-state index is 0.250. The topological polar surface area (TPSA) is 24.5 Å². The maximum absolute atomic E-state index is 5.72. The van der Waals surface area contributed by atoms with Gasteiger partial charge in [-0.3, -0.25) is 4.90 Å². The Morgan fingerprint density at radius 1 is 1.33 bits per heavy atom. The molecule has 18 heavy (non-hydrogen) atoms. The zero-order valence-corrected chi connectivity index (χ0v) is 11.8. The molecule has 0 bridgehead atoms. The molecule has 0 saturated carbocycles. The van der Waals surface area contributed by atoms with Crippen LogP contribution in [0.2, 0.25) is 0 Å². The summed E-state index contributed by atoms with van der Waals surface area (Å²) in [7, 11) is 0. The van der Waals surface area contributed by atoms with E-state index >= 15 is 0 Å². The highest BCUT2D eigenvalue weighted by molar-refractivity contribution is 4.90. The van der Waals surface area contributed by atoms with E-state index in [1.807, 2.05) is 12.2 Å². The lowest BCUT2D eigenvalue weighted by atomic mass is 9.81. The molecule has 1 N–H and O–H groups in total. The molecule has 1 atom stereocenters. The highest BCUT2D eigenvalue weighted by Crippen LogP contribution is 2.29. The first-order chi connectivity index (χ1) is 8.76. The van der Waals surface area contributed by atoms with Gasteiger partial charge in [0.05, 0.1) is 6.61 Å². The average molecular weight is 252 g/mol. The molecule has 0 aromatic rings. The van der Waals surface area contributed by atoms with Crippen molar-refractivity contribution in [3.05, 3.63) is 25.3 Å². The number of ether oxygens (including phenoxy) is 1. The number of hydrogen-bond acceptors (Lipinski definition) is 3. The minimum absolute atomic E-state index is 0.250. The molecule has 0 amide bonds. The van der Waals surface area contributed by atoms with Crippen LogP contribution >= 0.6 is 0 Å². The lowest BCUT2D eigenvalue weighted by molar-refractivity contribution is -0.0229. The Hall–Kier alpha value is -0.640. The third-order valence-corrected chi connectivity index (χ3v) is 3.49. The van der Waals surface area contributed by atoms with Gasteiger partial charge in [0.2, 0.25) is 0 Å². The van der Waals surface area contributed by atoms with Gasteiger partial charge in [-0.1, -0.05) is 19.1 Å². The number of nitrogens with zero attached hydrogens (tertiary/aromatic N) is 1. The molecule has 0 aromatic carbocycles. The van der Waals surface area contributed by atoms with Gasteiger partial charge in [0.25, 0.3) is 0 Å². The predicted molar refractivity (Wildman–Crippen MR) is 77.9 cm³/mol. The Labute approximate surface area is 112 Å². The molecule has 1 heterocycles. The summed E-state index contributed by atoms with van der Waals surface area (Å²) in [6.07, 6.45) is 6.34. The van der Waals surface area contributed by atoms with Gasteiger partial charge in [0.15, 0.2) is 0 Å². The van der Waals surface area contributed by atoms with Crippen molar-refractivity contribution < 1.29 is 4.74 Å². The lowest BCUT2D eigenvalue weighted by Gasteiger charge is -2.40. The van der Waals surface area contributed by atoms with Crippen molar-refractivity contribution in [2.75, 3.05) is 45.9 Å². The van der Waals surface area contributed by atoms with Crippen molar-refractivity contribution in [1.29, 1.82) is 0 Å². The van der Waals surface area contributed by atoms with E-state index in [0.29, 0.717) is 0 Å². The van der Waals surface area contributed by atoms with Crippen LogP contribution in [0.1, 0.15) is 19.8 Å². The van der Waals surface area contributed by atoms with E-state index in [4.69, 9.17) is 4.74 Å². The summed E-state index contributed by atoms with van der Waals surface area (Å²) >= 11 is 0. The minimum Gasteiger partial charge on any atom is -0.381 e. The van der Waals surface area contributed by atoms with Gasteiger partial charge in [-0.2, -0.15) is 0 Å². The maximum atomic E-state index is 5.72. The first-order valence-corrected chi connectivity index (χ1v) is 6.99. The second-order valence-corrected chi connectivity index (χ2v) is 5.21. The maximum Gasteiger partial charge on any atom is 0.0546 e. The Bertz CT molecular complexity index is 237. The first kappa shape index (κ1) is 15.4. The van der Waals surface area contributed by atoms with Crippen LogP contribution in [-0.4, -0.2) is 50.8 Å². The van der Waals surface area contributed by atoms with Crippen LogP contribution in [0.25, 0.3) is 0 Å². The highest BCUT2D eigenvalue weighted by Gasteiger charge is 2.33. The predicted octanol–water partition coefficient (Wildman–Crippen LogP) is 2.07. The van der Waals surface area contributed by atoms with Gasteiger partial charge >= 0.3 is 0 Å². The van der Waals surface area contributed by atoms with Crippen molar-refractivity contribution in [1.82, 2.24) is 10.2 Å². The smallest absolute Gasteiger partial charge is 0.0546 e. The molecule has 104 valence electrons. The summed E-state index contributed by atoms with van der Waals surface area (Å²) in [5.74, 6) is 0. The molecule has 1 unspecified atom stereocenters. The molecule has 3 nitrogen and oxygen atoms in total. The molecular formula is C15H28N2O. The normalized spacial score (nSPS) is 24.1.